The summed E-state index contributed by atoms with van der Waals surface area (Å²) < 4.78 is 20.3. The molecule has 0 aromatic heterocycles. The van der Waals surface area contributed by atoms with Gasteiger partial charge in [-0.1, -0.05) is 26.3 Å². The molecule has 0 fully saturated rings. The molecule has 0 heterocycles. The molecule has 114 valence electrons. The van der Waals surface area contributed by atoms with Crippen LogP contribution in [0.5, 0.6) is 0 Å². The molecule has 0 aliphatic heterocycles. The number of benzene rings is 1. The highest BCUT2D eigenvalue weighted by molar-refractivity contribution is 5.35. The van der Waals surface area contributed by atoms with Crippen molar-refractivity contribution >= 4 is 0 Å². The monoisotopic (exact) mass is 281 g/mol. The summed E-state index contributed by atoms with van der Waals surface area (Å²) >= 11 is 0. The van der Waals surface area contributed by atoms with Crippen LogP contribution in [-0.4, -0.2) is 19.3 Å². The lowest BCUT2D eigenvalue weighted by molar-refractivity contribution is 0.0269. The molecule has 2 unspecified atom stereocenters. The summed E-state index contributed by atoms with van der Waals surface area (Å²) in [5.74, 6) is -0.130. The van der Waals surface area contributed by atoms with E-state index in [0.29, 0.717) is 6.61 Å². The first-order valence-corrected chi connectivity index (χ1v) is 7.66. The SMILES string of the molecule is CCCC(OCC)C(NCC)c1c(C)cc(C)cc1F. The average Bonchev–Trinajstić information content (AvgIpc) is 2.36. The Kier molecular flexibility index (Phi) is 7.17. The van der Waals surface area contributed by atoms with Crippen LogP contribution >= 0.6 is 0 Å². The first-order chi connectivity index (χ1) is 9.54. The lowest BCUT2D eigenvalue weighted by Gasteiger charge is -2.29. The largest absolute Gasteiger partial charge is 0.377 e. The highest BCUT2D eigenvalue weighted by Crippen LogP contribution is 2.28. The van der Waals surface area contributed by atoms with Gasteiger partial charge >= 0.3 is 0 Å². The van der Waals surface area contributed by atoms with Crippen LogP contribution in [0.15, 0.2) is 12.1 Å². The number of hydrogen-bond donors (Lipinski definition) is 1. The Labute approximate surface area is 122 Å². The fourth-order valence-corrected chi connectivity index (χ4v) is 2.80. The van der Waals surface area contributed by atoms with Crippen molar-refractivity contribution in [1.29, 1.82) is 0 Å². The fourth-order valence-electron chi connectivity index (χ4n) is 2.80. The lowest BCUT2D eigenvalue weighted by atomic mass is 9.92. The second-order valence-corrected chi connectivity index (χ2v) is 5.30. The van der Waals surface area contributed by atoms with Crippen molar-refractivity contribution in [2.45, 2.75) is 59.6 Å². The van der Waals surface area contributed by atoms with Gasteiger partial charge in [-0.05, 0) is 50.9 Å². The Morgan fingerprint density at radius 3 is 2.40 bits per heavy atom. The number of hydrogen-bond acceptors (Lipinski definition) is 2. The highest BCUT2D eigenvalue weighted by atomic mass is 19.1. The van der Waals surface area contributed by atoms with E-state index in [4.69, 9.17) is 4.74 Å². The summed E-state index contributed by atoms with van der Waals surface area (Å²) in [6.07, 6.45) is 1.97. The molecule has 20 heavy (non-hydrogen) atoms. The first-order valence-electron chi connectivity index (χ1n) is 7.66. The minimum Gasteiger partial charge on any atom is -0.377 e. The quantitative estimate of drug-likeness (QED) is 0.767. The van der Waals surface area contributed by atoms with Gasteiger partial charge < -0.3 is 10.1 Å². The van der Waals surface area contributed by atoms with Gasteiger partial charge in [0, 0.05) is 12.2 Å². The van der Waals surface area contributed by atoms with Crippen LogP contribution in [0.3, 0.4) is 0 Å². The zero-order chi connectivity index (χ0) is 15.1. The number of halogens is 1. The lowest BCUT2D eigenvalue weighted by Crippen LogP contribution is -2.35. The van der Waals surface area contributed by atoms with E-state index in [9.17, 15) is 4.39 Å². The van der Waals surface area contributed by atoms with Crippen LogP contribution in [0.1, 0.15) is 56.3 Å². The number of ether oxygens (including phenoxy) is 1. The number of nitrogens with one attached hydrogen (secondary N) is 1. The van der Waals surface area contributed by atoms with E-state index in [2.05, 4.69) is 12.2 Å². The van der Waals surface area contributed by atoms with Crippen LogP contribution in [0.2, 0.25) is 0 Å². The Hall–Kier alpha value is -0.930. The van der Waals surface area contributed by atoms with Crippen molar-refractivity contribution in [3.63, 3.8) is 0 Å². The van der Waals surface area contributed by atoms with Crippen LogP contribution in [0.4, 0.5) is 4.39 Å². The van der Waals surface area contributed by atoms with Gasteiger partial charge in [-0.3, -0.25) is 0 Å². The topological polar surface area (TPSA) is 21.3 Å². The molecule has 1 rings (SSSR count). The van der Waals surface area contributed by atoms with Crippen LogP contribution in [0, 0.1) is 19.7 Å². The summed E-state index contributed by atoms with van der Waals surface area (Å²) in [6, 6.07) is 3.57. The van der Waals surface area contributed by atoms with Crippen LogP contribution in [0.25, 0.3) is 0 Å². The van der Waals surface area contributed by atoms with E-state index >= 15 is 0 Å². The molecule has 1 aromatic rings. The van der Waals surface area contributed by atoms with Gasteiger partial charge in [-0.25, -0.2) is 4.39 Å². The van der Waals surface area contributed by atoms with Gasteiger partial charge in [0.15, 0.2) is 0 Å². The third kappa shape index (κ3) is 4.29. The summed E-state index contributed by atoms with van der Waals surface area (Å²) in [6.45, 7) is 11.5. The normalized spacial score (nSPS) is 14.3. The summed E-state index contributed by atoms with van der Waals surface area (Å²) in [5.41, 5.74) is 2.71. The fraction of sp³-hybridized carbons (Fsp3) is 0.647. The van der Waals surface area contributed by atoms with Gasteiger partial charge in [-0.2, -0.15) is 0 Å². The van der Waals surface area contributed by atoms with E-state index in [1.54, 1.807) is 6.07 Å². The third-order valence-electron chi connectivity index (χ3n) is 3.54. The molecule has 3 heteroatoms. The van der Waals surface area contributed by atoms with E-state index in [1.165, 1.54) is 0 Å². The number of aryl methyl sites for hydroxylation is 2. The maximum atomic E-state index is 14.4. The Morgan fingerprint density at radius 1 is 1.20 bits per heavy atom. The summed E-state index contributed by atoms with van der Waals surface area (Å²) in [4.78, 5) is 0. The molecule has 0 aliphatic rings. The number of likely N-dealkylation sites (N-methyl/N-ethyl adjacent to an activating group) is 1. The predicted molar refractivity (Wildman–Crippen MR) is 82.6 cm³/mol. The van der Waals surface area contributed by atoms with Gasteiger partial charge in [0.05, 0.1) is 12.1 Å². The number of rotatable bonds is 8. The van der Waals surface area contributed by atoms with Crippen molar-refractivity contribution in [2.24, 2.45) is 0 Å². The van der Waals surface area contributed by atoms with E-state index in [-0.39, 0.29) is 18.0 Å². The molecule has 1 aromatic carbocycles. The van der Waals surface area contributed by atoms with Crippen molar-refractivity contribution in [1.82, 2.24) is 5.32 Å². The molecular formula is C17H28FNO. The molecule has 0 saturated heterocycles. The third-order valence-corrected chi connectivity index (χ3v) is 3.54. The van der Waals surface area contributed by atoms with Crippen LogP contribution in [-0.2, 0) is 4.74 Å². The predicted octanol–water partition coefficient (Wildman–Crippen LogP) is 4.30. The van der Waals surface area contributed by atoms with E-state index < -0.39 is 0 Å². The minimum absolute atomic E-state index is 0.0147. The van der Waals surface area contributed by atoms with Crippen LogP contribution < -0.4 is 5.32 Å². The molecule has 0 aliphatic carbocycles. The Morgan fingerprint density at radius 2 is 1.90 bits per heavy atom. The maximum Gasteiger partial charge on any atom is 0.128 e. The first kappa shape index (κ1) is 17.1. The Bertz CT molecular complexity index is 390. The summed E-state index contributed by atoms with van der Waals surface area (Å²) in [7, 11) is 0. The molecule has 0 radical (unpaired) electrons. The average molecular weight is 281 g/mol. The molecule has 0 saturated carbocycles. The second kappa shape index (κ2) is 8.38. The Balaban J connectivity index is 3.17. The van der Waals surface area contributed by atoms with Crippen molar-refractivity contribution < 1.29 is 9.13 Å². The zero-order valence-electron chi connectivity index (χ0n) is 13.4. The van der Waals surface area contributed by atoms with Gasteiger partial charge in [0.2, 0.25) is 0 Å². The minimum atomic E-state index is -0.130. The van der Waals surface area contributed by atoms with Crippen molar-refractivity contribution in [3.05, 3.63) is 34.6 Å². The molecule has 0 bridgehead atoms. The maximum absolute atomic E-state index is 14.4. The van der Waals surface area contributed by atoms with E-state index in [0.717, 1.165) is 36.1 Å². The summed E-state index contributed by atoms with van der Waals surface area (Å²) in [5, 5.41) is 3.40. The van der Waals surface area contributed by atoms with Gasteiger partial charge in [0.1, 0.15) is 5.82 Å². The molecule has 0 amide bonds. The van der Waals surface area contributed by atoms with Crippen molar-refractivity contribution in [2.75, 3.05) is 13.2 Å². The zero-order valence-corrected chi connectivity index (χ0v) is 13.4. The molecule has 1 N–H and O–H groups in total. The smallest absolute Gasteiger partial charge is 0.128 e. The molecule has 2 nitrogen and oxygen atoms in total. The molecule has 0 spiro atoms. The van der Waals surface area contributed by atoms with Gasteiger partial charge in [-0.15, -0.1) is 0 Å². The molecular weight excluding hydrogens is 253 g/mol. The standard InChI is InChI=1S/C17H28FNO/c1-6-9-15(20-8-3)17(19-7-2)16-13(5)10-12(4)11-14(16)18/h10-11,15,17,19H,6-9H2,1-5H3. The van der Waals surface area contributed by atoms with Gasteiger partial charge in [0.25, 0.3) is 0 Å². The highest BCUT2D eigenvalue weighted by Gasteiger charge is 2.26. The second-order valence-electron chi connectivity index (χ2n) is 5.30. The molecule has 2 atom stereocenters. The van der Waals surface area contributed by atoms with Crippen molar-refractivity contribution in [3.8, 4) is 0 Å². The van der Waals surface area contributed by atoms with E-state index in [1.807, 2.05) is 33.8 Å².